The van der Waals surface area contributed by atoms with E-state index in [1.807, 2.05) is 12.1 Å². The molecule has 5 nitrogen and oxygen atoms in total. The zero-order valence-corrected chi connectivity index (χ0v) is 13.9. The highest BCUT2D eigenvalue weighted by Gasteiger charge is 2.06. The Labute approximate surface area is 144 Å². The molecule has 1 aromatic carbocycles. The van der Waals surface area contributed by atoms with Crippen molar-refractivity contribution < 1.29 is 18.7 Å². The van der Waals surface area contributed by atoms with E-state index in [1.54, 1.807) is 24.5 Å². The second-order valence-electron chi connectivity index (χ2n) is 4.70. The predicted octanol–water partition coefficient (Wildman–Crippen LogP) is 3.69. The van der Waals surface area contributed by atoms with Crippen LogP contribution in [0.25, 0.3) is 0 Å². The summed E-state index contributed by atoms with van der Waals surface area (Å²) in [5.41, 5.74) is 0. The molecule has 0 unspecified atom stereocenters. The molecule has 1 heterocycles. The fraction of sp³-hybridized carbons (Fsp3) is 0.312. The number of amides is 1. The Balaban J connectivity index is 1.54. The van der Waals surface area contributed by atoms with Crippen molar-refractivity contribution in [3.8, 4) is 5.75 Å². The van der Waals surface area contributed by atoms with Gasteiger partial charge in [0.1, 0.15) is 18.1 Å². The second kappa shape index (κ2) is 9.45. The van der Waals surface area contributed by atoms with Gasteiger partial charge in [-0.2, -0.15) is 0 Å². The highest BCUT2D eigenvalue weighted by atomic mass is 35.5. The standard InChI is InChI=1S/C16H17Cl2NO4/c17-12-4-5-15(14(18)9-12)23-11-16(20)19-6-2-7-21-10-13-3-1-8-22-13/h1,3-5,8-9H,2,6-7,10-11H2,(H,19,20). The van der Waals surface area contributed by atoms with E-state index in [1.165, 1.54) is 0 Å². The van der Waals surface area contributed by atoms with Gasteiger partial charge in [-0.25, -0.2) is 0 Å². The number of nitrogens with one attached hydrogen (secondary N) is 1. The summed E-state index contributed by atoms with van der Waals surface area (Å²) in [5, 5.41) is 3.63. The number of carbonyl (C=O) groups is 1. The van der Waals surface area contributed by atoms with Crippen LogP contribution in [0.4, 0.5) is 0 Å². The lowest BCUT2D eigenvalue weighted by atomic mass is 10.3. The first-order valence-corrected chi connectivity index (χ1v) is 7.85. The molecule has 0 aliphatic carbocycles. The SMILES string of the molecule is O=C(COc1ccc(Cl)cc1Cl)NCCCOCc1ccco1. The molecular weight excluding hydrogens is 341 g/mol. The van der Waals surface area contributed by atoms with Gasteiger partial charge in [0, 0.05) is 18.2 Å². The van der Waals surface area contributed by atoms with E-state index >= 15 is 0 Å². The van der Waals surface area contributed by atoms with Gasteiger partial charge in [-0.3, -0.25) is 4.79 Å². The van der Waals surface area contributed by atoms with Gasteiger partial charge < -0.3 is 19.2 Å². The molecule has 0 aliphatic heterocycles. The summed E-state index contributed by atoms with van der Waals surface area (Å²) < 4.78 is 15.9. The van der Waals surface area contributed by atoms with Gasteiger partial charge in [0.2, 0.25) is 0 Å². The van der Waals surface area contributed by atoms with Crippen molar-refractivity contribution in [2.24, 2.45) is 0 Å². The molecule has 23 heavy (non-hydrogen) atoms. The molecule has 7 heteroatoms. The van der Waals surface area contributed by atoms with Gasteiger partial charge >= 0.3 is 0 Å². The van der Waals surface area contributed by atoms with E-state index in [0.717, 1.165) is 5.76 Å². The van der Waals surface area contributed by atoms with E-state index in [-0.39, 0.29) is 12.5 Å². The third kappa shape index (κ3) is 6.52. The molecule has 0 spiro atoms. The number of ether oxygens (including phenoxy) is 2. The predicted molar refractivity (Wildman–Crippen MR) is 87.9 cm³/mol. The van der Waals surface area contributed by atoms with Gasteiger partial charge in [0.25, 0.3) is 5.91 Å². The lowest BCUT2D eigenvalue weighted by molar-refractivity contribution is -0.123. The highest BCUT2D eigenvalue weighted by Crippen LogP contribution is 2.27. The summed E-state index contributed by atoms with van der Waals surface area (Å²) >= 11 is 11.7. The fourth-order valence-electron chi connectivity index (χ4n) is 1.76. The smallest absolute Gasteiger partial charge is 0.257 e. The van der Waals surface area contributed by atoms with Crippen LogP contribution in [0.1, 0.15) is 12.2 Å². The van der Waals surface area contributed by atoms with Gasteiger partial charge in [-0.05, 0) is 36.8 Å². The Morgan fingerprint density at radius 3 is 2.87 bits per heavy atom. The Morgan fingerprint density at radius 1 is 1.26 bits per heavy atom. The molecule has 0 saturated heterocycles. The second-order valence-corrected chi connectivity index (χ2v) is 5.54. The van der Waals surface area contributed by atoms with Crippen molar-refractivity contribution in [2.75, 3.05) is 19.8 Å². The topological polar surface area (TPSA) is 60.7 Å². The van der Waals surface area contributed by atoms with Crippen molar-refractivity contribution in [1.29, 1.82) is 0 Å². The van der Waals surface area contributed by atoms with Gasteiger partial charge in [0.15, 0.2) is 6.61 Å². The number of halogens is 2. The van der Waals surface area contributed by atoms with Gasteiger partial charge in [0.05, 0.1) is 11.3 Å². The first-order valence-electron chi connectivity index (χ1n) is 7.10. The third-order valence-electron chi connectivity index (χ3n) is 2.86. The van der Waals surface area contributed by atoms with E-state index < -0.39 is 0 Å². The Morgan fingerprint density at radius 2 is 2.13 bits per heavy atom. The maximum atomic E-state index is 11.7. The number of furan rings is 1. The normalized spacial score (nSPS) is 10.5. The number of hydrogen-bond acceptors (Lipinski definition) is 4. The van der Waals surface area contributed by atoms with E-state index in [0.29, 0.717) is 42.0 Å². The Kier molecular flexibility index (Phi) is 7.26. The minimum Gasteiger partial charge on any atom is -0.482 e. The first kappa shape index (κ1) is 17.7. The summed E-state index contributed by atoms with van der Waals surface area (Å²) in [6, 6.07) is 8.50. The number of benzene rings is 1. The van der Waals surface area contributed by atoms with Crippen LogP contribution in [0.2, 0.25) is 10.0 Å². The van der Waals surface area contributed by atoms with Gasteiger partial charge in [-0.15, -0.1) is 0 Å². The molecule has 0 atom stereocenters. The van der Waals surface area contributed by atoms with Crippen molar-refractivity contribution in [3.05, 3.63) is 52.4 Å². The van der Waals surface area contributed by atoms with E-state index in [4.69, 9.17) is 37.1 Å². The van der Waals surface area contributed by atoms with Crippen LogP contribution in [-0.4, -0.2) is 25.7 Å². The molecule has 2 rings (SSSR count). The largest absolute Gasteiger partial charge is 0.482 e. The van der Waals surface area contributed by atoms with E-state index in [2.05, 4.69) is 5.32 Å². The summed E-state index contributed by atoms with van der Waals surface area (Å²) in [6.07, 6.45) is 2.31. The maximum absolute atomic E-state index is 11.7. The fourth-order valence-corrected chi connectivity index (χ4v) is 2.22. The molecule has 2 aromatic rings. The summed E-state index contributed by atoms with van der Waals surface area (Å²) in [5.74, 6) is 0.984. The third-order valence-corrected chi connectivity index (χ3v) is 3.40. The molecular formula is C16H17Cl2NO4. The van der Waals surface area contributed by atoms with Crippen LogP contribution in [0.3, 0.4) is 0 Å². The van der Waals surface area contributed by atoms with Gasteiger partial charge in [-0.1, -0.05) is 23.2 Å². The van der Waals surface area contributed by atoms with Crippen molar-refractivity contribution in [3.63, 3.8) is 0 Å². The molecule has 0 fully saturated rings. The number of carbonyl (C=O) groups excluding carboxylic acids is 1. The summed E-state index contributed by atoms with van der Waals surface area (Å²) in [6.45, 7) is 1.37. The van der Waals surface area contributed by atoms with E-state index in [9.17, 15) is 4.79 Å². The lowest BCUT2D eigenvalue weighted by Crippen LogP contribution is -2.30. The van der Waals surface area contributed by atoms with Crippen LogP contribution >= 0.6 is 23.2 Å². The van der Waals surface area contributed by atoms with Crippen molar-refractivity contribution in [2.45, 2.75) is 13.0 Å². The zero-order valence-electron chi connectivity index (χ0n) is 12.4. The minimum absolute atomic E-state index is 0.103. The van der Waals surface area contributed by atoms with Crippen LogP contribution in [0.5, 0.6) is 5.75 Å². The quantitative estimate of drug-likeness (QED) is 0.695. The molecule has 1 aromatic heterocycles. The molecule has 1 amide bonds. The number of rotatable bonds is 9. The minimum atomic E-state index is -0.220. The first-order chi connectivity index (χ1) is 11.1. The average molecular weight is 358 g/mol. The summed E-state index contributed by atoms with van der Waals surface area (Å²) in [7, 11) is 0. The van der Waals surface area contributed by atoms with Crippen LogP contribution in [0.15, 0.2) is 41.0 Å². The number of hydrogen-bond donors (Lipinski definition) is 1. The van der Waals surface area contributed by atoms with Crippen LogP contribution < -0.4 is 10.1 Å². The van der Waals surface area contributed by atoms with Crippen LogP contribution in [-0.2, 0) is 16.1 Å². The van der Waals surface area contributed by atoms with Crippen molar-refractivity contribution >= 4 is 29.1 Å². The average Bonchev–Trinajstić information content (AvgIpc) is 3.03. The molecule has 1 N–H and O–H groups in total. The highest BCUT2D eigenvalue weighted by molar-refractivity contribution is 6.35. The van der Waals surface area contributed by atoms with Crippen LogP contribution in [0, 0.1) is 0 Å². The molecule has 0 saturated carbocycles. The lowest BCUT2D eigenvalue weighted by Gasteiger charge is -2.09. The summed E-state index contributed by atoms with van der Waals surface area (Å²) in [4.78, 5) is 11.7. The molecule has 0 bridgehead atoms. The molecule has 0 radical (unpaired) electrons. The molecule has 124 valence electrons. The monoisotopic (exact) mass is 357 g/mol. The Bertz CT molecular complexity index is 617. The van der Waals surface area contributed by atoms with Crippen molar-refractivity contribution in [1.82, 2.24) is 5.32 Å². The Hall–Kier alpha value is -1.69. The zero-order chi connectivity index (χ0) is 16.5. The molecule has 0 aliphatic rings. The maximum Gasteiger partial charge on any atom is 0.257 e.